The van der Waals surface area contributed by atoms with Gasteiger partial charge in [-0.15, -0.1) is 0 Å². The van der Waals surface area contributed by atoms with Gasteiger partial charge in [0, 0.05) is 0 Å². The van der Waals surface area contributed by atoms with Crippen molar-refractivity contribution in [3.63, 3.8) is 0 Å². The standard InChI is InChI=1S/C20H22F2N9O9PS/c21-8-6(1-32)38-19(31-5-27-11-15(31)28-20(23)29-17(11)35)13(8)40-41(36,42)37-2-7-12(33)9(22)18(39-7)30-4-26-10-14(30)24-3-25-16(10)34/h3-9,12-13,18-19,32-33H,1-2H2,(H,36,42)(H,24,25,34)(H3,23,28,29,35)/t6-,7-,8-,9+,12-,13?,18-,19-,41?/m1/s1. The molecule has 226 valence electrons. The highest BCUT2D eigenvalue weighted by molar-refractivity contribution is 8.07. The number of fused-ring (bicyclic) bond motifs is 2. The largest absolute Gasteiger partial charge is 0.394 e. The number of anilines is 1. The van der Waals surface area contributed by atoms with Crippen LogP contribution in [0.15, 0.2) is 28.6 Å². The number of H-pyrrole nitrogens is 2. The summed E-state index contributed by atoms with van der Waals surface area (Å²) in [5.41, 5.74) is 4.05. The van der Waals surface area contributed by atoms with Gasteiger partial charge in [0.15, 0.2) is 47.1 Å². The van der Waals surface area contributed by atoms with Gasteiger partial charge >= 0.3 is 6.72 Å². The first-order chi connectivity index (χ1) is 20.0. The van der Waals surface area contributed by atoms with Crippen LogP contribution >= 0.6 is 6.72 Å². The highest BCUT2D eigenvalue weighted by Crippen LogP contribution is 2.51. The predicted octanol–water partition coefficient (Wildman–Crippen LogP) is -1.72. The molecule has 0 bridgehead atoms. The number of rotatable bonds is 8. The summed E-state index contributed by atoms with van der Waals surface area (Å²) < 4.78 is 54.5. The zero-order valence-corrected chi connectivity index (χ0v) is 22.6. The van der Waals surface area contributed by atoms with E-state index < -0.39 is 80.3 Å². The van der Waals surface area contributed by atoms with Crippen LogP contribution in [0.5, 0.6) is 0 Å². The quantitative estimate of drug-likeness (QED) is 0.118. The number of aliphatic hydroxyl groups excluding tert-OH is 2. The molecular formula is C20H22F2N9O9PS. The van der Waals surface area contributed by atoms with Crippen molar-refractivity contribution in [1.82, 2.24) is 39.0 Å². The van der Waals surface area contributed by atoms with Gasteiger partial charge in [0.25, 0.3) is 11.1 Å². The molecule has 0 amide bonds. The molecule has 2 unspecified atom stereocenters. The molecule has 2 saturated heterocycles. The van der Waals surface area contributed by atoms with E-state index in [0.717, 1.165) is 28.1 Å². The van der Waals surface area contributed by atoms with E-state index in [0.29, 0.717) is 0 Å². The second-order valence-corrected chi connectivity index (χ2v) is 12.1. The van der Waals surface area contributed by atoms with Gasteiger partial charge in [-0.3, -0.25) is 28.2 Å². The SMILES string of the molecule is Nc1nc2c(ncn2[C@@H]2O[C@H](CO)[C@@H](F)C2OP(O)(=S)OC[C@H]2O[C@@H](n3cnc4c(=O)[nH]cnc43)[C@@H](F)[C@@H]2O)c(=O)[nH]1. The number of nitrogens with zero attached hydrogens (tertiary/aromatic N) is 6. The van der Waals surface area contributed by atoms with Crippen LogP contribution in [0.4, 0.5) is 14.7 Å². The Morgan fingerprint density at radius 1 is 1.05 bits per heavy atom. The molecular weight excluding hydrogens is 611 g/mol. The number of hydrogen-bond donors (Lipinski definition) is 6. The van der Waals surface area contributed by atoms with E-state index >= 15 is 8.78 Å². The first-order valence-corrected chi connectivity index (χ1v) is 14.7. The number of aliphatic hydroxyl groups is 2. The van der Waals surface area contributed by atoms with Crippen molar-refractivity contribution in [1.29, 1.82) is 0 Å². The monoisotopic (exact) mass is 633 g/mol. The third-order valence-corrected chi connectivity index (χ3v) is 8.32. The van der Waals surface area contributed by atoms with E-state index in [1.807, 2.05) is 0 Å². The smallest absolute Gasteiger partial charge is 0.325 e. The summed E-state index contributed by atoms with van der Waals surface area (Å²) in [6.07, 6.45) is -9.94. The van der Waals surface area contributed by atoms with Crippen molar-refractivity contribution in [3.05, 3.63) is 39.7 Å². The molecule has 0 spiro atoms. The summed E-state index contributed by atoms with van der Waals surface area (Å²) in [6.45, 7) is -5.83. The van der Waals surface area contributed by atoms with E-state index in [-0.39, 0.29) is 28.3 Å². The first-order valence-electron chi connectivity index (χ1n) is 12.2. The van der Waals surface area contributed by atoms with Crippen LogP contribution in [0.1, 0.15) is 12.5 Å². The summed E-state index contributed by atoms with van der Waals surface area (Å²) in [7, 11) is 0. The second-order valence-electron chi connectivity index (χ2n) is 9.36. The summed E-state index contributed by atoms with van der Waals surface area (Å²) in [5, 5.41) is 20.0. The number of aromatic nitrogens is 8. The average Bonchev–Trinajstić information content (AvgIpc) is 3.69. The van der Waals surface area contributed by atoms with E-state index in [2.05, 4.69) is 29.9 Å². The minimum atomic E-state index is -4.36. The minimum Gasteiger partial charge on any atom is -0.394 e. The van der Waals surface area contributed by atoms with Gasteiger partial charge in [-0.05, 0) is 11.8 Å². The fraction of sp³-hybridized carbons (Fsp3) is 0.500. The van der Waals surface area contributed by atoms with Gasteiger partial charge in [0.2, 0.25) is 5.95 Å². The third kappa shape index (κ3) is 4.91. The lowest BCUT2D eigenvalue weighted by Crippen LogP contribution is -2.33. The normalized spacial score (nSPS) is 31.3. The molecule has 0 radical (unpaired) electrons. The number of nitrogens with two attached hydrogens (primary N) is 1. The molecule has 0 aromatic carbocycles. The molecule has 2 aliphatic heterocycles. The van der Waals surface area contributed by atoms with Gasteiger partial charge in [-0.1, -0.05) is 0 Å². The zero-order chi connectivity index (χ0) is 29.9. The predicted molar refractivity (Wildman–Crippen MR) is 139 cm³/mol. The first kappa shape index (κ1) is 28.8. The molecule has 22 heteroatoms. The third-order valence-electron chi connectivity index (χ3n) is 6.76. The number of nitrogen functional groups attached to an aromatic ring is 1. The highest BCUT2D eigenvalue weighted by Gasteiger charge is 2.51. The molecule has 6 rings (SSSR count). The molecule has 0 aliphatic carbocycles. The van der Waals surface area contributed by atoms with Gasteiger partial charge in [-0.2, -0.15) is 4.98 Å². The number of halogens is 2. The molecule has 18 nitrogen and oxygen atoms in total. The van der Waals surface area contributed by atoms with Crippen LogP contribution < -0.4 is 16.9 Å². The Labute approximate surface area is 236 Å². The maximum atomic E-state index is 15.3. The second kappa shape index (κ2) is 10.8. The van der Waals surface area contributed by atoms with Crippen LogP contribution in [-0.2, 0) is 30.3 Å². The van der Waals surface area contributed by atoms with Crippen LogP contribution in [0, 0.1) is 0 Å². The molecule has 2 aliphatic rings. The molecule has 9 atom stereocenters. The van der Waals surface area contributed by atoms with E-state index in [4.69, 9.17) is 36.1 Å². The molecule has 2 fully saturated rings. The Balaban J connectivity index is 1.19. The number of ether oxygens (including phenoxy) is 2. The van der Waals surface area contributed by atoms with E-state index in [1.54, 1.807) is 0 Å². The van der Waals surface area contributed by atoms with Crippen LogP contribution in [0.3, 0.4) is 0 Å². The van der Waals surface area contributed by atoms with Gasteiger partial charge in [0.05, 0.1) is 32.2 Å². The number of hydrogen-bond acceptors (Lipinski definition) is 14. The maximum Gasteiger partial charge on any atom is 0.325 e. The minimum absolute atomic E-state index is 0.000684. The lowest BCUT2D eigenvalue weighted by Gasteiger charge is -2.26. The number of nitrogens with one attached hydrogen (secondary N) is 2. The Morgan fingerprint density at radius 2 is 1.71 bits per heavy atom. The van der Waals surface area contributed by atoms with Crippen molar-refractivity contribution in [3.8, 4) is 0 Å². The van der Waals surface area contributed by atoms with Crippen molar-refractivity contribution in [2.75, 3.05) is 18.9 Å². The van der Waals surface area contributed by atoms with E-state index in [9.17, 15) is 24.7 Å². The van der Waals surface area contributed by atoms with Crippen LogP contribution in [0.2, 0.25) is 0 Å². The summed E-state index contributed by atoms with van der Waals surface area (Å²) in [5.74, 6) is -0.262. The maximum absolute atomic E-state index is 15.3. The van der Waals surface area contributed by atoms with Crippen molar-refractivity contribution in [2.24, 2.45) is 0 Å². The summed E-state index contributed by atoms with van der Waals surface area (Å²) >= 11 is 5.04. The number of alkyl halides is 2. The Morgan fingerprint density at radius 3 is 2.43 bits per heavy atom. The van der Waals surface area contributed by atoms with Gasteiger partial charge in [-0.25, -0.2) is 23.7 Å². The lowest BCUT2D eigenvalue weighted by molar-refractivity contribution is -0.0553. The molecule has 4 aromatic heterocycles. The van der Waals surface area contributed by atoms with Crippen LogP contribution in [-0.4, -0.2) is 104 Å². The zero-order valence-electron chi connectivity index (χ0n) is 20.9. The average molecular weight is 633 g/mol. The van der Waals surface area contributed by atoms with Gasteiger partial charge < -0.3 is 39.8 Å². The Hall–Kier alpha value is -3.27. The Kier molecular flexibility index (Phi) is 7.40. The number of imidazole rings is 2. The fourth-order valence-electron chi connectivity index (χ4n) is 4.77. The van der Waals surface area contributed by atoms with E-state index in [1.165, 1.54) is 0 Å². The van der Waals surface area contributed by atoms with Crippen LogP contribution in [0.25, 0.3) is 22.3 Å². The molecule has 0 saturated carbocycles. The Bertz CT molecular complexity index is 1800. The van der Waals surface area contributed by atoms with Gasteiger partial charge in [0.1, 0.15) is 24.4 Å². The summed E-state index contributed by atoms with van der Waals surface area (Å²) in [6, 6.07) is 0. The molecule has 7 N–H and O–H groups in total. The fourth-order valence-corrected chi connectivity index (χ4v) is 6.18. The lowest BCUT2D eigenvalue weighted by atomic mass is 10.1. The topological polar surface area (TPSA) is 251 Å². The highest BCUT2D eigenvalue weighted by atomic mass is 32.5. The van der Waals surface area contributed by atoms with Crippen molar-refractivity contribution >= 4 is 46.8 Å². The van der Waals surface area contributed by atoms with Crippen molar-refractivity contribution in [2.45, 2.75) is 49.2 Å². The molecule has 42 heavy (non-hydrogen) atoms. The summed E-state index contributed by atoms with van der Waals surface area (Å²) in [4.78, 5) is 55.2. The molecule has 4 aromatic rings. The van der Waals surface area contributed by atoms with Crippen molar-refractivity contribution < 1.29 is 42.4 Å². The molecule has 6 heterocycles. The number of aromatic amines is 2.